The number of aliphatic hydroxyl groups excluding tert-OH is 3. The molecule has 0 aromatic carbocycles. The fourth-order valence-electron chi connectivity index (χ4n) is 6.48. The number of hydrogen-bond acceptors (Lipinski definition) is 11. The van der Waals surface area contributed by atoms with Gasteiger partial charge in [0.2, 0.25) is 5.91 Å². The summed E-state index contributed by atoms with van der Waals surface area (Å²) < 4.78 is 17.7. The summed E-state index contributed by atoms with van der Waals surface area (Å²) in [5, 5.41) is 56.1. The number of amides is 1. The first-order chi connectivity index (χ1) is 25.6. The van der Waals surface area contributed by atoms with E-state index in [1.165, 1.54) is 32.4 Å². The number of pyridine rings is 1. The molecule has 1 amide bonds. The highest BCUT2D eigenvalue weighted by atomic mass is 16.6. The maximum atomic E-state index is 13.0. The summed E-state index contributed by atoms with van der Waals surface area (Å²) in [5.74, 6) is -4.89. The normalized spacial score (nSPS) is 30.2. The first-order valence-electron chi connectivity index (χ1n) is 18.1. The van der Waals surface area contributed by atoms with E-state index in [0.29, 0.717) is 0 Å². The van der Waals surface area contributed by atoms with Crippen LogP contribution in [-0.4, -0.2) is 104 Å². The first-order valence-corrected chi connectivity index (χ1v) is 18.1. The lowest BCUT2D eigenvalue weighted by Crippen LogP contribution is -2.56. The van der Waals surface area contributed by atoms with Gasteiger partial charge in [-0.3, -0.25) is 14.4 Å². The van der Waals surface area contributed by atoms with Gasteiger partial charge in [-0.25, -0.2) is 0 Å². The van der Waals surface area contributed by atoms with Crippen molar-refractivity contribution in [2.24, 2.45) is 17.8 Å². The Kier molecular flexibility index (Phi) is 16.7. The molecule has 0 aliphatic carbocycles. The third-order valence-corrected chi connectivity index (χ3v) is 9.96. The van der Waals surface area contributed by atoms with Crippen LogP contribution in [0.4, 0.5) is 0 Å². The molecule has 3 rings (SSSR count). The van der Waals surface area contributed by atoms with Crippen molar-refractivity contribution in [3.8, 4) is 5.75 Å². The van der Waals surface area contributed by atoms with Crippen molar-refractivity contribution in [1.29, 1.82) is 0 Å². The molecule has 2 fully saturated rings. The summed E-state index contributed by atoms with van der Waals surface area (Å²) in [4.78, 5) is 39.9. The van der Waals surface area contributed by atoms with Gasteiger partial charge >= 0.3 is 0 Å². The second-order valence-electron chi connectivity index (χ2n) is 13.9. The van der Waals surface area contributed by atoms with Crippen LogP contribution in [0.5, 0.6) is 5.75 Å². The molecule has 2 aliphatic heterocycles. The number of allylic oxidation sites excluding steroid dienone is 10. The predicted molar refractivity (Wildman–Crippen MR) is 204 cm³/mol. The predicted octanol–water partition coefficient (Wildman–Crippen LogP) is 3.32. The minimum atomic E-state index is -1.84. The number of hydrogen-bond donors (Lipinski definition) is 7. The molecule has 13 nitrogen and oxygen atoms in total. The third kappa shape index (κ3) is 11.2. The maximum Gasteiger partial charge on any atom is 0.262 e. The Bertz CT molecular complexity index is 1710. The molecule has 54 heavy (non-hydrogen) atoms. The van der Waals surface area contributed by atoms with Gasteiger partial charge in [0, 0.05) is 38.1 Å². The molecule has 0 saturated carbocycles. The summed E-state index contributed by atoms with van der Waals surface area (Å²) >= 11 is 0. The highest BCUT2D eigenvalue weighted by molar-refractivity contribution is 6.09. The number of H-pyrrole nitrogens is 1. The van der Waals surface area contributed by atoms with Crippen LogP contribution < -0.4 is 10.9 Å². The molecule has 1 unspecified atom stereocenters. The van der Waals surface area contributed by atoms with Crippen molar-refractivity contribution in [2.45, 2.75) is 96.5 Å². The summed E-state index contributed by atoms with van der Waals surface area (Å²) in [7, 11) is 1.54. The van der Waals surface area contributed by atoms with Crippen molar-refractivity contribution in [3.63, 3.8) is 0 Å². The zero-order valence-corrected chi connectivity index (χ0v) is 32.0. The molecule has 3 heterocycles. The molecular formula is C41H56N2O11. The van der Waals surface area contributed by atoms with Crippen LogP contribution in [-0.2, 0) is 19.0 Å². The van der Waals surface area contributed by atoms with Gasteiger partial charge in [-0.05, 0) is 44.9 Å². The van der Waals surface area contributed by atoms with E-state index in [1.54, 1.807) is 55.5 Å². The quantitative estimate of drug-likeness (QED) is 0.0741. The standard InChI is InChI=1S/C41H56N2O11/c1-8-9-11-18-31-26(4)30(45)23-41(51,54-31)28(6)39(49)42-21-15-14-17-25(3)37(52-7)27(5)38-36(48)35(47)32(53-38)19-13-10-12-16-24(2)34(46)33-29(44)20-22-43-40(33)50/h8-20,22,26-28,30-32,35-38,45,47-48,51H,21,23H2,1-7H3,(H,42,49)(H2,43,44,50)/b9-8+,12-10+,15-14+,18-11+,19-13+,24-16+,25-17+/t26-,27+,28+,30?,31-,32+,35-,36-,37+,38-,41-/m0/s1. The van der Waals surface area contributed by atoms with Crippen LogP contribution in [0.25, 0.3) is 0 Å². The number of nitrogens with one attached hydrogen (secondary N) is 2. The van der Waals surface area contributed by atoms with Gasteiger partial charge in [0.1, 0.15) is 29.6 Å². The highest BCUT2D eigenvalue weighted by Crippen LogP contribution is 2.37. The number of ketones is 1. The number of aliphatic hydroxyl groups is 4. The summed E-state index contributed by atoms with van der Waals surface area (Å²) in [5.41, 5.74) is -0.00758. The second kappa shape index (κ2) is 20.5. The Morgan fingerprint density at radius 2 is 1.72 bits per heavy atom. The van der Waals surface area contributed by atoms with Gasteiger partial charge in [0.15, 0.2) is 11.6 Å². The molecule has 7 N–H and O–H groups in total. The number of Topliss-reactive ketones (excluding diaryl/α,β-unsaturated/α-hetero) is 1. The fraction of sp³-hybridized carbons (Fsp3) is 0.488. The zero-order chi connectivity index (χ0) is 40.2. The van der Waals surface area contributed by atoms with Crippen LogP contribution >= 0.6 is 0 Å². The van der Waals surface area contributed by atoms with Crippen molar-refractivity contribution < 1.29 is 49.3 Å². The zero-order valence-electron chi connectivity index (χ0n) is 32.0. The molecule has 13 heteroatoms. The molecule has 2 saturated heterocycles. The summed E-state index contributed by atoms with van der Waals surface area (Å²) in [6.45, 7) is 10.6. The highest BCUT2D eigenvalue weighted by Gasteiger charge is 2.49. The molecule has 0 spiro atoms. The molecule has 2 aliphatic rings. The number of carbonyl (C=O) groups is 2. The van der Waals surface area contributed by atoms with Crippen LogP contribution in [0.3, 0.4) is 0 Å². The number of ether oxygens (including phenoxy) is 3. The number of aromatic nitrogens is 1. The van der Waals surface area contributed by atoms with Gasteiger partial charge in [-0.2, -0.15) is 0 Å². The Morgan fingerprint density at radius 3 is 2.39 bits per heavy atom. The smallest absolute Gasteiger partial charge is 0.262 e. The van der Waals surface area contributed by atoms with Crippen molar-refractivity contribution in [2.75, 3.05) is 13.7 Å². The van der Waals surface area contributed by atoms with E-state index in [0.717, 1.165) is 5.57 Å². The largest absolute Gasteiger partial charge is 0.507 e. The summed E-state index contributed by atoms with van der Waals surface area (Å²) in [6, 6.07) is 1.22. The van der Waals surface area contributed by atoms with Crippen molar-refractivity contribution >= 4 is 11.7 Å². The van der Waals surface area contributed by atoms with E-state index in [2.05, 4.69) is 10.3 Å². The molecular weight excluding hydrogens is 696 g/mol. The molecule has 0 radical (unpaired) electrons. The molecule has 11 atom stereocenters. The number of carbonyl (C=O) groups excluding carboxylic acids is 2. The first kappa shape index (κ1) is 44.2. The van der Waals surface area contributed by atoms with Crippen molar-refractivity contribution in [3.05, 3.63) is 112 Å². The van der Waals surface area contributed by atoms with E-state index >= 15 is 0 Å². The minimum Gasteiger partial charge on any atom is -0.507 e. The third-order valence-electron chi connectivity index (χ3n) is 9.96. The van der Waals surface area contributed by atoms with Gasteiger partial charge < -0.3 is 50.0 Å². The number of rotatable bonds is 16. The van der Waals surface area contributed by atoms with Crippen LogP contribution in [0.15, 0.2) is 101 Å². The average molecular weight is 753 g/mol. The van der Waals surface area contributed by atoms with Crippen molar-refractivity contribution in [1.82, 2.24) is 10.3 Å². The van der Waals surface area contributed by atoms with Gasteiger partial charge in [0.25, 0.3) is 5.56 Å². The van der Waals surface area contributed by atoms with Crippen LogP contribution in [0.1, 0.15) is 58.3 Å². The Morgan fingerprint density at radius 1 is 1.04 bits per heavy atom. The monoisotopic (exact) mass is 752 g/mol. The summed E-state index contributed by atoms with van der Waals surface area (Å²) in [6.07, 6.45) is 15.6. The lowest BCUT2D eigenvalue weighted by molar-refractivity contribution is -0.294. The minimum absolute atomic E-state index is 0.0934. The topological polar surface area (TPSA) is 208 Å². The van der Waals surface area contributed by atoms with E-state index in [9.17, 15) is 39.9 Å². The molecule has 0 bridgehead atoms. The van der Waals surface area contributed by atoms with E-state index in [-0.39, 0.29) is 35.9 Å². The van der Waals surface area contributed by atoms with Gasteiger partial charge in [-0.15, -0.1) is 0 Å². The number of methoxy groups -OCH3 is 1. The molecule has 1 aromatic rings. The Balaban J connectivity index is 1.55. The Labute approximate surface area is 316 Å². The van der Waals surface area contributed by atoms with Gasteiger partial charge in [0.05, 0.1) is 30.3 Å². The molecule has 1 aromatic heterocycles. The second-order valence-corrected chi connectivity index (χ2v) is 13.9. The SMILES string of the molecule is C/C=C/C=C/[C@@H]1O[C@](O)([C@H](C)C(=O)NC/C=C/C=C(\C)[C@@H](OC)[C@@H](C)[C@@H]2O[C@H](/C=C/C=C/C=C(\C)C(=O)c3c(O)cc[nH]c3=O)[C@H](O)[C@@H]2O)CC(O)[C@@H]1C. The lowest BCUT2D eigenvalue weighted by Gasteiger charge is -2.44. The average Bonchev–Trinajstić information content (AvgIpc) is 3.41. The van der Waals surface area contributed by atoms with Crippen LogP contribution in [0.2, 0.25) is 0 Å². The molecule has 296 valence electrons. The maximum absolute atomic E-state index is 13.0. The van der Waals surface area contributed by atoms with E-state index < -0.39 is 77.4 Å². The lowest BCUT2D eigenvalue weighted by atomic mass is 9.83. The van der Waals surface area contributed by atoms with Gasteiger partial charge in [-0.1, -0.05) is 86.8 Å². The van der Waals surface area contributed by atoms with Crippen LogP contribution in [0, 0.1) is 17.8 Å². The fourth-order valence-corrected chi connectivity index (χ4v) is 6.48. The number of aromatic hydroxyl groups is 1. The van der Waals surface area contributed by atoms with E-state index in [1.807, 2.05) is 45.9 Å². The Hall–Kier alpha value is -4.21. The number of aromatic amines is 1. The van der Waals surface area contributed by atoms with E-state index in [4.69, 9.17) is 14.2 Å².